The Balaban J connectivity index is 2.17. The zero-order valence-corrected chi connectivity index (χ0v) is 8.14. The lowest BCUT2D eigenvalue weighted by Crippen LogP contribution is -2.06. The maximum atomic E-state index is 5.44. The molecule has 1 atom stereocenters. The summed E-state index contributed by atoms with van der Waals surface area (Å²) in [5.41, 5.74) is 5.44. The first-order chi connectivity index (χ1) is 5.83. The minimum atomic E-state index is 0.625. The molecule has 0 saturated heterocycles. The van der Waals surface area contributed by atoms with Crippen LogP contribution >= 0.6 is 11.8 Å². The molecule has 0 saturated carbocycles. The van der Waals surface area contributed by atoms with Crippen molar-refractivity contribution in [2.45, 2.75) is 24.3 Å². The van der Waals surface area contributed by atoms with Crippen molar-refractivity contribution in [2.24, 2.45) is 5.73 Å². The highest BCUT2D eigenvalue weighted by Crippen LogP contribution is 2.19. The Bertz CT molecular complexity index is 198. The molecule has 0 aliphatic rings. The molecule has 1 unspecified atom stereocenters. The van der Waals surface area contributed by atoms with Crippen LogP contribution in [0.4, 0.5) is 0 Å². The number of rotatable bonds is 5. The summed E-state index contributed by atoms with van der Waals surface area (Å²) < 4.78 is 5.21. The second kappa shape index (κ2) is 5.27. The average molecular weight is 185 g/mol. The molecule has 2 N–H and O–H groups in total. The molecule has 1 aromatic rings. The predicted molar refractivity (Wildman–Crippen MR) is 53.1 cm³/mol. The molecule has 1 aromatic heterocycles. The van der Waals surface area contributed by atoms with E-state index < -0.39 is 0 Å². The van der Waals surface area contributed by atoms with Gasteiger partial charge < -0.3 is 10.2 Å². The van der Waals surface area contributed by atoms with Crippen molar-refractivity contribution in [1.82, 2.24) is 0 Å². The fourth-order valence-corrected chi connectivity index (χ4v) is 1.85. The second-order valence-electron chi connectivity index (χ2n) is 2.78. The smallest absolute Gasteiger partial charge is 0.113 e. The number of thioether (sulfide) groups is 1. The minimum absolute atomic E-state index is 0.625. The van der Waals surface area contributed by atoms with Crippen LogP contribution in [0.25, 0.3) is 0 Å². The maximum Gasteiger partial charge on any atom is 0.113 e. The van der Waals surface area contributed by atoms with E-state index in [2.05, 4.69) is 6.92 Å². The zero-order chi connectivity index (χ0) is 8.81. The SMILES string of the molecule is CC(CCN)SCc1ccco1. The Morgan fingerprint density at radius 1 is 1.67 bits per heavy atom. The largest absolute Gasteiger partial charge is 0.468 e. The number of furan rings is 1. The van der Waals surface area contributed by atoms with Crippen LogP contribution in [0.2, 0.25) is 0 Å². The summed E-state index contributed by atoms with van der Waals surface area (Å²) in [7, 11) is 0. The van der Waals surface area contributed by atoms with Crippen molar-refractivity contribution in [3.8, 4) is 0 Å². The summed E-state index contributed by atoms with van der Waals surface area (Å²) in [6.07, 6.45) is 2.79. The van der Waals surface area contributed by atoms with Crippen LogP contribution in [0, 0.1) is 0 Å². The van der Waals surface area contributed by atoms with E-state index in [0.29, 0.717) is 5.25 Å². The Kier molecular flexibility index (Phi) is 4.25. The lowest BCUT2D eigenvalue weighted by atomic mass is 10.3. The number of nitrogens with two attached hydrogens (primary N) is 1. The van der Waals surface area contributed by atoms with Crippen molar-refractivity contribution in [3.05, 3.63) is 24.2 Å². The summed E-state index contributed by atoms with van der Waals surface area (Å²) >= 11 is 1.88. The Labute approximate surface area is 77.5 Å². The van der Waals surface area contributed by atoms with Gasteiger partial charge in [-0.2, -0.15) is 11.8 Å². The number of hydrogen-bond donors (Lipinski definition) is 1. The Morgan fingerprint density at radius 2 is 2.50 bits per heavy atom. The third-order valence-corrected chi connectivity index (χ3v) is 2.92. The first-order valence-electron chi connectivity index (χ1n) is 4.17. The molecule has 68 valence electrons. The molecule has 0 spiro atoms. The molecular formula is C9H15NOS. The van der Waals surface area contributed by atoms with Gasteiger partial charge in [-0.1, -0.05) is 6.92 Å². The van der Waals surface area contributed by atoms with Gasteiger partial charge in [0.15, 0.2) is 0 Å². The lowest BCUT2D eigenvalue weighted by Gasteiger charge is -2.07. The van der Waals surface area contributed by atoms with Crippen LogP contribution in [0.1, 0.15) is 19.1 Å². The van der Waals surface area contributed by atoms with Gasteiger partial charge in [-0.25, -0.2) is 0 Å². The highest BCUT2D eigenvalue weighted by molar-refractivity contribution is 7.99. The fraction of sp³-hybridized carbons (Fsp3) is 0.556. The van der Waals surface area contributed by atoms with Gasteiger partial charge in [-0.05, 0) is 25.1 Å². The van der Waals surface area contributed by atoms with E-state index in [1.54, 1.807) is 6.26 Å². The molecular weight excluding hydrogens is 170 g/mol. The molecule has 2 nitrogen and oxygen atoms in total. The van der Waals surface area contributed by atoms with E-state index in [1.165, 1.54) is 0 Å². The van der Waals surface area contributed by atoms with Crippen molar-refractivity contribution in [1.29, 1.82) is 0 Å². The third-order valence-electron chi connectivity index (χ3n) is 1.66. The third kappa shape index (κ3) is 3.32. The normalized spacial score (nSPS) is 13.2. The highest BCUT2D eigenvalue weighted by Gasteiger charge is 2.02. The molecule has 0 radical (unpaired) electrons. The van der Waals surface area contributed by atoms with Gasteiger partial charge in [0.25, 0.3) is 0 Å². The van der Waals surface area contributed by atoms with Crippen LogP contribution in [0.3, 0.4) is 0 Å². The van der Waals surface area contributed by atoms with Crippen molar-refractivity contribution < 1.29 is 4.42 Å². The van der Waals surface area contributed by atoms with Gasteiger partial charge >= 0.3 is 0 Å². The van der Waals surface area contributed by atoms with Crippen LogP contribution in [0.5, 0.6) is 0 Å². The molecule has 1 heterocycles. The van der Waals surface area contributed by atoms with Gasteiger partial charge in [0, 0.05) is 5.25 Å². The molecule has 0 aliphatic heterocycles. The summed E-state index contributed by atoms with van der Waals surface area (Å²) in [6, 6.07) is 3.92. The molecule has 0 fully saturated rings. The van der Waals surface area contributed by atoms with Crippen LogP contribution in [-0.4, -0.2) is 11.8 Å². The van der Waals surface area contributed by atoms with E-state index in [9.17, 15) is 0 Å². The van der Waals surface area contributed by atoms with Crippen LogP contribution in [0.15, 0.2) is 22.8 Å². The molecule has 3 heteroatoms. The fourth-order valence-electron chi connectivity index (χ4n) is 0.937. The van der Waals surface area contributed by atoms with E-state index in [1.807, 2.05) is 23.9 Å². The summed E-state index contributed by atoms with van der Waals surface area (Å²) in [5.74, 6) is 2.00. The Morgan fingerprint density at radius 3 is 3.08 bits per heavy atom. The predicted octanol–water partition coefficient (Wildman–Crippen LogP) is 2.25. The van der Waals surface area contributed by atoms with Crippen LogP contribution < -0.4 is 5.73 Å². The van der Waals surface area contributed by atoms with Crippen molar-refractivity contribution in [3.63, 3.8) is 0 Å². The van der Waals surface area contributed by atoms with Crippen molar-refractivity contribution >= 4 is 11.8 Å². The van der Waals surface area contributed by atoms with Gasteiger partial charge in [-0.3, -0.25) is 0 Å². The minimum Gasteiger partial charge on any atom is -0.468 e. The standard InChI is InChI=1S/C9H15NOS/c1-8(4-5-10)12-7-9-3-2-6-11-9/h2-3,6,8H,4-5,7,10H2,1H3. The first-order valence-corrected chi connectivity index (χ1v) is 5.22. The number of hydrogen-bond acceptors (Lipinski definition) is 3. The van der Waals surface area contributed by atoms with E-state index >= 15 is 0 Å². The average Bonchev–Trinajstić information content (AvgIpc) is 2.53. The van der Waals surface area contributed by atoms with E-state index in [0.717, 1.165) is 24.5 Å². The van der Waals surface area contributed by atoms with E-state index in [-0.39, 0.29) is 0 Å². The molecule has 12 heavy (non-hydrogen) atoms. The maximum absolute atomic E-state index is 5.44. The second-order valence-corrected chi connectivity index (χ2v) is 4.21. The molecule has 0 aliphatic carbocycles. The van der Waals surface area contributed by atoms with Gasteiger partial charge in [-0.15, -0.1) is 0 Å². The molecule has 0 aromatic carbocycles. The highest BCUT2D eigenvalue weighted by atomic mass is 32.2. The van der Waals surface area contributed by atoms with Gasteiger partial charge in [0.1, 0.15) is 5.76 Å². The van der Waals surface area contributed by atoms with Gasteiger partial charge in [0.05, 0.1) is 12.0 Å². The first kappa shape index (κ1) is 9.68. The summed E-state index contributed by atoms with van der Waals surface area (Å²) in [6.45, 7) is 2.97. The monoisotopic (exact) mass is 185 g/mol. The Hall–Kier alpha value is -0.410. The van der Waals surface area contributed by atoms with Gasteiger partial charge in [0.2, 0.25) is 0 Å². The molecule has 0 bridgehead atoms. The summed E-state index contributed by atoms with van der Waals surface area (Å²) in [4.78, 5) is 0. The molecule has 0 amide bonds. The molecule has 1 rings (SSSR count). The topological polar surface area (TPSA) is 39.2 Å². The van der Waals surface area contributed by atoms with Crippen molar-refractivity contribution in [2.75, 3.05) is 6.54 Å². The zero-order valence-electron chi connectivity index (χ0n) is 7.32. The van der Waals surface area contributed by atoms with Crippen LogP contribution in [-0.2, 0) is 5.75 Å². The van der Waals surface area contributed by atoms with E-state index in [4.69, 9.17) is 10.2 Å². The quantitative estimate of drug-likeness (QED) is 0.764. The summed E-state index contributed by atoms with van der Waals surface area (Å²) in [5, 5.41) is 0.625. The lowest BCUT2D eigenvalue weighted by molar-refractivity contribution is 0.530.